The highest BCUT2D eigenvalue weighted by Gasteiger charge is 2.34. The molecule has 0 bridgehead atoms. The summed E-state index contributed by atoms with van der Waals surface area (Å²) in [5.74, 6) is 1.65. The predicted molar refractivity (Wildman–Crippen MR) is 143 cm³/mol. The molecule has 2 aliphatic rings. The van der Waals surface area contributed by atoms with Crippen LogP contribution in [0.25, 0.3) is 21.1 Å². The summed E-state index contributed by atoms with van der Waals surface area (Å²) in [6.45, 7) is 6.25. The molecule has 4 heterocycles. The first-order valence-electron chi connectivity index (χ1n) is 12.7. The number of carbonyl (C=O) groups is 1. The molecule has 0 unspecified atom stereocenters. The van der Waals surface area contributed by atoms with Crippen LogP contribution in [0.15, 0.2) is 24.7 Å². The lowest BCUT2D eigenvalue weighted by Gasteiger charge is -2.36. The molecular formula is C26H31N7O3S. The van der Waals surface area contributed by atoms with Gasteiger partial charge in [-0.15, -0.1) is 11.3 Å². The first-order valence-corrected chi connectivity index (χ1v) is 13.6. The van der Waals surface area contributed by atoms with Crippen LogP contribution in [0.4, 0.5) is 11.5 Å². The van der Waals surface area contributed by atoms with E-state index in [-0.39, 0.29) is 23.9 Å². The summed E-state index contributed by atoms with van der Waals surface area (Å²) in [5.41, 5.74) is 8.86. The number of hydrogen-bond acceptors (Lipinski definition) is 9. The van der Waals surface area contributed by atoms with Crippen molar-refractivity contribution in [3.8, 4) is 5.75 Å². The van der Waals surface area contributed by atoms with E-state index >= 15 is 0 Å². The van der Waals surface area contributed by atoms with E-state index in [9.17, 15) is 4.79 Å². The highest BCUT2D eigenvalue weighted by Crippen LogP contribution is 2.42. The van der Waals surface area contributed by atoms with E-state index in [1.807, 2.05) is 24.0 Å². The average Bonchev–Trinajstić information content (AvgIpc) is 3.51. The number of thiophene rings is 1. The number of nitrogens with zero attached hydrogens (tertiary/aromatic N) is 4. The monoisotopic (exact) mass is 521 g/mol. The number of nitrogens with one attached hydrogen (secondary N) is 2. The summed E-state index contributed by atoms with van der Waals surface area (Å²) in [6, 6.07) is 3.95. The Morgan fingerprint density at radius 3 is 3.14 bits per heavy atom. The molecule has 4 aromatic rings. The number of aromatic nitrogens is 4. The standard InChI is InChI=1S/C26H31N7O3S/c1-14(27)11-36-21-9-19-17(10-30-32-19)7-20(21)31-24-23-18-4-3-16(8-22(18)37-25(23)29-13-28-24)26(34)33-5-6-35-12-15(33)2/h7,9-10,13-16H,3-6,8,11-12,27H2,1-2H3,(H,30,32)(H,28,29,31)/t14-,15-,16-/m0/s1. The van der Waals surface area contributed by atoms with Crippen LogP contribution >= 0.6 is 11.3 Å². The minimum atomic E-state index is -0.101. The van der Waals surface area contributed by atoms with Gasteiger partial charge >= 0.3 is 0 Å². The van der Waals surface area contributed by atoms with Crippen molar-refractivity contribution in [3.63, 3.8) is 0 Å². The molecule has 3 aromatic heterocycles. The van der Waals surface area contributed by atoms with E-state index in [0.29, 0.717) is 32.1 Å². The van der Waals surface area contributed by atoms with E-state index in [1.54, 1.807) is 23.9 Å². The lowest BCUT2D eigenvalue weighted by molar-refractivity contribution is -0.143. The Morgan fingerprint density at radius 2 is 2.30 bits per heavy atom. The number of anilines is 2. The fraction of sp³-hybridized carbons (Fsp3) is 0.462. The SMILES string of the molecule is C[C@H](N)COc1cc2[nH]ncc2cc1Nc1ncnc2sc3c(c12)CC[C@H](C(=O)N1CCOC[C@@H]1C)C3. The largest absolute Gasteiger partial charge is 0.490 e. The number of morpholine rings is 1. The topological polar surface area (TPSA) is 131 Å². The zero-order chi connectivity index (χ0) is 25.5. The lowest BCUT2D eigenvalue weighted by Crippen LogP contribution is -2.50. The molecular weight excluding hydrogens is 490 g/mol. The highest BCUT2D eigenvalue weighted by atomic mass is 32.1. The van der Waals surface area contributed by atoms with Crippen LogP contribution < -0.4 is 15.8 Å². The molecule has 1 aliphatic heterocycles. The lowest BCUT2D eigenvalue weighted by atomic mass is 9.86. The number of aryl methyl sites for hydroxylation is 1. The van der Waals surface area contributed by atoms with Crippen molar-refractivity contribution in [3.05, 3.63) is 35.1 Å². The van der Waals surface area contributed by atoms with Gasteiger partial charge in [0.15, 0.2) is 0 Å². The molecule has 1 saturated heterocycles. The molecule has 4 N–H and O–H groups in total. The number of aromatic amines is 1. The summed E-state index contributed by atoms with van der Waals surface area (Å²) in [6.07, 6.45) is 5.75. The second-order valence-corrected chi connectivity index (χ2v) is 11.1. The van der Waals surface area contributed by atoms with Crippen molar-refractivity contribution >= 4 is 49.9 Å². The van der Waals surface area contributed by atoms with Crippen LogP contribution in [-0.2, 0) is 22.4 Å². The minimum Gasteiger partial charge on any atom is -0.490 e. The fourth-order valence-corrected chi connectivity index (χ4v) is 6.51. The number of fused-ring (bicyclic) bond motifs is 4. The van der Waals surface area contributed by atoms with Crippen LogP contribution in [0, 0.1) is 5.92 Å². The smallest absolute Gasteiger partial charge is 0.226 e. The summed E-state index contributed by atoms with van der Waals surface area (Å²) < 4.78 is 11.6. The van der Waals surface area contributed by atoms with Crippen LogP contribution in [0.3, 0.4) is 0 Å². The molecule has 0 radical (unpaired) electrons. The Bertz CT molecular complexity index is 1450. The summed E-state index contributed by atoms with van der Waals surface area (Å²) >= 11 is 1.67. The number of hydrogen-bond donors (Lipinski definition) is 3. The maximum absolute atomic E-state index is 13.3. The summed E-state index contributed by atoms with van der Waals surface area (Å²) in [5, 5.41) is 12.6. The highest BCUT2D eigenvalue weighted by molar-refractivity contribution is 7.19. The maximum Gasteiger partial charge on any atom is 0.226 e. The first kappa shape index (κ1) is 24.1. The number of benzene rings is 1. The van der Waals surface area contributed by atoms with Crippen molar-refractivity contribution in [2.75, 3.05) is 31.7 Å². The second kappa shape index (κ2) is 9.88. The molecule has 10 nitrogen and oxygen atoms in total. The van der Waals surface area contributed by atoms with E-state index in [0.717, 1.165) is 51.9 Å². The van der Waals surface area contributed by atoms with Crippen molar-refractivity contribution in [2.24, 2.45) is 11.7 Å². The molecule has 0 spiro atoms. The minimum absolute atomic E-state index is 0.00719. The average molecular weight is 522 g/mol. The van der Waals surface area contributed by atoms with Gasteiger partial charge in [-0.2, -0.15) is 5.10 Å². The normalized spacial score (nSPS) is 20.7. The van der Waals surface area contributed by atoms with Gasteiger partial charge in [-0.05, 0) is 44.7 Å². The zero-order valence-corrected chi connectivity index (χ0v) is 21.8. The molecule has 6 rings (SSSR count). The van der Waals surface area contributed by atoms with Gasteiger partial charge in [0.1, 0.15) is 29.3 Å². The van der Waals surface area contributed by atoms with Crippen LogP contribution in [0.5, 0.6) is 5.75 Å². The number of carbonyl (C=O) groups excluding carboxylic acids is 1. The quantitative estimate of drug-likeness (QED) is 0.352. The summed E-state index contributed by atoms with van der Waals surface area (Å²) in [4.78, 5) is 26.7. The molecule has 11 heteroatoms. The molecule has 1 amide bonds. The number of ether oxygens (including phenoxy) is 2. The van der Waals surface area contributed by atoms with Crippen molar-refractivity contribution in [1.82, 2.24) is 25.1 Å². The van der Waals surface area contributed by atoms with Gasteiger partial charge in [0.2, 0.25) is 5.91 Å². The van der Waals surface area contributed by atoms with Gasteiger partial charge in [0.25, 0.3) is 0 Å². The van der Waals surface area contributed by atoms with Crippen LogP contribution in [-0.4, -0.2) is 69.4 Å². The molecule has 194 valence electrons. The Kier molecular flexibility index (Phi) is 6.43. The molecule has 3 atom stereocenters. The number of nitrogens with two attached hydrogens (primary N) is 1. The van der Waals surface area contributed by atoms with Gasteiger partial charge in [-0.25, -0.2) is 9.97 Å². The first-order chi connectivity index (χ1) is 18.0. The number of amides is 1. The van der Waals surface area contributed by atoms with Crippen LogP contribution in [0.1, 0.15) is 30.7 Å². The van der Waals surface area contributed by atoms with Gasteiger partial charge in [0, 0.05) is 34.8 Å². The van der Waals surface area contributed by atoms with E-state index < -0.39 is 0 Å². The number of H-pyrrole nitrogens is 1. The van der Waals surface area contributed by atoms with Crippen LogP contribution in [0.2, 0.25) is 0 Å². The molecule has 1 fully saturated rings. The Hall–Kier alpha value is -3.28. The van der Waals surface area contributed by atoms with Crippen molar-refractivity contribution in [1.29, 1.82) is 0 Å². The molecule has 1 aliphatic carbocycles. The molecule has 0 saturated carbocycles. The Balaban J connectivity index is 1.31. The van der Waals surface area contributed by atoms with Gasteiger partial charge in [-0.1, -0.05) is 0 Å². The molecule has 1 aromatic carbocycles. The second-order valence-electron chi connectivity index (χ2n) is 10.0. The van der Waals surface area contributed by atoms with Crippen molar-refractivity contribution in [2.45, 2.75) is 45.2 Å². The van der Waals surface area contributed by atoms with Crippen molar-refractivity contribution < 1.29 is 14.3 Å². The van der Waals surface area contributed by atoms with E-state index in [1.165, 1.54) is 10.4 Å². The zero-order valence-electron chi connectivity index (χ0n) is 21.0. The van der Waals surface area contributed by atoms with Gasteiger partial charge < -0.3 is 25.4 Å². The predicted octanol–water partition coefficient (Wildman–Crippen LogP) is 3.39. The third-order valence-corrected chi connectivity index (χ3v) is 8.30. The maximum atomic E-state index is 13.3. The fourth-order valence-electron chi connectivity index (χ4n) is 5.24. The molecule has 37 heavy (non-hydrogen) atoms. The van der Waals surface area contributed by atoms with E-state index in [4.69, 9.17) is 15.2 Å². The Labute approximate surface area is 218 Å². The van der Waals surface area contributed by atoms with Gasteiger partial charge in [-0.3, -0.25) is 9.89 Å². The third kappa shape index (κ3) is 4.62. The summed E-state index contributed by atoms with van der Waals surface area (Å²) in [7, 11) is 0. The Morgan fingerprint density at radius 1 is 1.41 bits per heavy atom. The number of rotatable bonds is 6. The third-order valence-electron chi connectivity index (χ3n) is 7.14. The van der Waals surface area contributed by atoms with E-state index in [2.05, 4.69) is 32.4 Å². The van der Waals surface area contributed by atoms with Gasteiger partial charge in [0.05, 0.1) is 42.0 Å².